The third kappa shape index (κ3) is 5.56. The number of hydrogen-bond acceptors (Lipinski definition) is 2. The van der Waals surface area contributed by atoms with E-state index in [0.717, 1.165) is 11.1 Å². The van der Waals surface area contributed by atoms with Gasteiger partial charge in [0.1, 0.15) is 0 Å². The number of ether oxygens (including phenoxy) is 1. The van der Waals surface area contributed by atoms with Crippen molar-refractivity contribution in [1.29, 1.82) is 0 Å². The monoisotopic (exact) mass is 273 g/mol. The molecule has 0 saturated carbocycles. The summed E-state index contributed by atoms with van der Waals surface area (Å²) in [5, 5.41) is 9.82. The summed E-state index contributed by atoms with van der Waals surface area (Å²) in [5.41, 5.74) is 1.63. The minimum Gasteiger partial charge on any atom is -0.368 e. The average molecular weight is 273 g/mol. The molecule has 2 unspecified atom stereocenters. The third-order valence-electron chi connectivity index (χ3n) is 2.89. The fourth-order valence-electron chi connectivity index (χ4n) is 1.93. The van der Waals surface area contributed by atoms with Gasteiger partial charge in [-0.25, -0.2) is 6.57 Å². The first-order valence-corrected chi connectivity index (χ1v) is 6.80. The van der Waals surface area contributed by atoms with E-state index in [4.69, 9.17) is 11.3 Å². The van der Waals surface area contributed by atoms with Crippen LogP contribution < -0.4 is 0 Å². The first-order valence-electron chi connectivity index (χ1n) is 6.80. The second-order valence-electron chi connectivity index (χ2n) is 5.78. The van der Waals surface area contributed by atoms with Gasteiger partial charge in [0, 0.05) is 18.4 Å². The third-order valence-corrected chi connectivity index (χ3v) is 2.89. The van der Waals surface area contributed by atoms with Crippen LogP contribution in [0.2, 0.25) is 0 Å². The van der Waals surface area contributed by atoms with Gasteiger partial charge in [0.2, 0.25) is 6.04 Å². The maximum atomic E-state index is 9.82. The molecule has 0 heterocycles. The van der Waals surface area contributed by atoms with Gasteiger partial charge in [-0.1, -0.05) is 36.9 Å². The summed E-state index contributed by atoms with van der Waals surface area (Å²) >= 11 is 0. The molecule has 0 saturated heterocycles. The minimum absolute atomic E-state index is 0.243. The maximum Gasteiger partial charge on any atom is 0.248 e. The van der Waals surface area contributed by atoms with E-state index in [1.807, 2.05) is 45.0 Å². The van der Waals surface area contributed by atoms with Crippen molar-refractivity contribution in [2.75, 3.05) is 0 Å². The van der Waals surface area contributed by atoms with Crippen LogP contribution in [0.5, 0.6) is 0 Å². The first-order chi connectivity index (χ1) is 9.35. The van der Waals surface area contributed by atoms with Crippen molar-refractivity contribution in [3.8, 4) is 0 Å². The predicted molar refractivity (Wildman–Crippen MR) is 82.0 cm³/mol. The summed E-state index contributed by atoms with van der Waals surface area (Å²) in [5.74, 6) is 0. The van der Waals surface area contributed by atoms with E-state index in [1.165, 1.54) is 0 Å². The van der Waals surface area contributed by atoms with E-state index in [9.17, 15) is 5.11 Å². The smallest absolute Gasteiger partial charge is 0.248 e. The molecular weight excluding hydrogens is 250 g/mol. The molecular formula is C17H23NO2. The van der Waals surface area contributed by atoms with Gasteiger partial charge in [0.05, 0.1) is 5.60 Å². The quantitative estimate of drug-likeness (QED) is 0.622. The van der Waals surface area contributed by atoms with Crippen molar-refractivity contribution in [2.24, 2.45) is 0 Å². The first kappa shape index (κ1) is 16.4. The van der Waals surface area contributed by atoms with Crippen LogP contribution in [0.15, 0.2) is 30.8 Å². The van der Waals surface area contributed by atoms with E-state index in [-0.39, 0.29) is 11.6 Å². The van der Waals surface area contributed by atoms with Crippen LogP contribution in [-0.2, 0) is 4.74 Å². The summed E-state index contributed by atoms with van der Waals surface area (Å²) in [4.78, 5) is 3.64. The molecule has 0 aromatic heterocycles. The van der Waals surface area contributed by atoms with Gasteiger partial charge in [-0.05, 0) is 26.3 Å². The Bertz CT molecular complexity index is 465. The highest BCUT2D eigenvalue weighted by Crippen LogP contribution is 2.25. The number of rotatable bonds is 6. The maximum absolute atomic E-state index is 9.82. The minimum atomic E-state index is -0.827. The molecule has 0 radical (unpaired) electrons. The number of aliphatic hydroxyl groups is 1. The van der Waals surface area contributed by atoms with E-state index < -0.39 is 6.29 Å². The molecule has 0 fully saturated rings. The van der Waals surface area contributed by atoms with Crippen molar-refractivity contribution in [2.45, 2.75) is 51.5 Å². The van der Waals surface area contributed by atoms with Crippen LogP contribution in [-0.4, -0.2) is 17.0 Å². The van der Waals surface area contributed by atoms with Crippen LogP contribution in [0.1, 0.15) is 50.8 Å². The Morgan fingerprint density at radius 3 is 2.35 bits per heavy atom. The molecule has 0 bridgehead atoms. The fraction of sp³-hybridized carbons (Fsp3) is 0.471. The summed E-state index contributed by atoms with van der Waals surface area (Å²) < 4.78 is 5.44. The highest BCUT2D eigenvalue weighted by molar-refractivity contribution is 5.47. The Kier molecular flexibility index (Phi) is 5.94. The van der Waals surface area contributed by atoms with E-state index in [1.54, 1.807) is 6.08 Å². The number of nitrogens with zero attached hydrogens (tertiary/aromatic N) is 1. The lowest BCUT2D eigenvalue weighted by Crippen LogP contribution is -2.27. The van der Waals surface area contributed by atoms with Gasteiger partial charge in [0.15, 0.2) is 6.29 Å². The van der Waals surface area contributed by atoms with Crippen LogP contribution in [0.4, 0.5) is 0 Å². The van der Waals surface area contributed by atoms with Gasteiger partial charge in [-0.3, -0.25) is 0 Å². The summed E-state index contributed by atoms with van der Waals surface area (Å²) in [6, 6.07) is 7.53. The van der Waals surface area contributed by atoms with Gasteiger partial charge in [0.25, 0.3) is 0 Å². The van der Waals surface area contributed by atoms with E-state index in [2.05, 4.69) is 11.4 Å². The molecule has 3 nitrogen and oxygen atoms in total. The van der Waals surface area contributed by atoms with Crippen molar-refractivity contribution < 1.29 is 9.84 Å². The lowest BCUT2D eigenvalue weighted by Gasteiger charge is -2.24. The summed E-state index contributed by atoms with van der Waals surface area (Å²) in [6.45, 7) is 16.7. The Balaban J connectivity index is 2.59. The Labute approximate surface area is 121 Å². The second-order valence-corrected chi connectivity index (χ2v) is 5.78. The molecule has 0 amide bonds. The number of hydrogen-bond donors (Lipinski definition) is 1. The molecule has 108 valence electrons. The molecule has 1 rings (SSSR count). The average Bonchev–Trinajstić information content (AvgIpc) is 2.38. The van der Waals surface area contributed by atoms with Gasteiger partial charge in [-0.15, -0.1) is 0 Å². The van der Waals surface area contributed by atoms with Crippen molar-refractivity contribution in [3.63, 3.8) is 0 Å². The molecule has 2 atom stereocenters. The highest BCUT2D eigenvalue weighted by atomic mass is 16.6. The molecule has 1 N–H and O–H groups in total. The normalized spacial score (nSPS) is 14.3. The van der Waals surface area contributed by atoms with Crippen LogP contribution >= 0.6 is 0 Å². The molecule has 1 aromatic carbocycles. The number of aliphatic hydroxyl groups excluding tert-OH is 1. The summed E-state index contributed by atoms with van der Waals surface area (Å²) in [7, 11) is 0. The molecule has 0 spiro atoms. The highest BCUT2D eigenvalue weighted by Gasteiger charge is 2.21. The molecule has 0 aliphatic rings. The fourth-order valence-corrected chi connectivity index (χ4v) is 1.93. The standard InChI is InChI=1S/C17H23NO2/c1-6-13-7-9-14(10-8-13)15(18-5)11-12-16(19)20-17(2,3)4/h6-10,15-16,19H,1,11-12H2,2-4H3. The van der Waals surface area contributed by atoms with Crippen LogP contribution in [0.3, 0.4) is 0 Å². The Morgan fingerprint density at radius 2 is 1.90 bits per heavy atom. The predicted octanol–water partition coefficient (Wildman–Crippen LogP) is 4.20. The summed E-state index contributed by atoms with van der Waals surface area (Å²) in [6.07, 6.45) is 1.98. The lowest BCUT2D eigenvalue weighted by atomic mass is 10.0. The molecule has 1 aromatic rings. The van der Waals surface area contributed by atoms with Gasteiger partial charge in [-0.2, -0.15) is 0 Å². The van der Waals surface area contributed by atoms with Gasteiger partial charge < -0.3 is 14.7 Å². The topological polar surface area (TPSA) is 33.8 Å². The lowest BCUT2D eigenvalue weighted by molar-refractivity contribution is -0.168. The Morgan fingerprint density at radius 1 is 1.30 bits per heavy atom. The zero-order chi connectivity index (χ0) is 15.2. The van der Waals surface area contributed by atoms with E-state index >= 15 is 0 Å². The molecule has 0 aliphatic heterocycles. The van der Waals surface area contributed by atoms with Crippen LogP contribution in [0.25, 0.3) is 10.9 Å². The SMILES string of the molecule is [C-]#[N+]C(CCC(O)OC(C)(C)C)c1ccc(C=C)cc1. The van der Waals surface area contributed by atoms with E-state index in [0.29, 0.717) is 12.8 Å². The Hall–Kier alpha value is -1.63. The second kappa shape index (κ2) is 7.23. The van der Waals surface area contributed by atoms with Gasteiger partial charge >= 0.3 is 0 Å². The zero-order valence-corrected chi connectivity index (χ0v) is 12.5. The van der Waals surface area contributed by atoms with Crippen molar-refractivity contribution in [3.05, 3.63) is 53.4 Å². The molecule has 0 aliphatic carbocycles. The molecule has 20 heavy (non-hydrogen) atoms. The van der Waals surface area contributed by atoms with Crippen LogP contribution in [0, 0.1) is 6.57 Å². The zero-order valence-electron chi connectivity index (χ0n) is 12.5. The van der Waals surface area contributed by atoms with Crippen molar-refractivity contribution >= 4 is 6.08 Å². The number of benzene rings is 1. The van der Waals surface area contributed by atoms with Crippen molar-refractivity contribution in [1.82, 2.24) is 0 Å². The largest absolute Gasteiger partial charge is 0.368 e. The molecule has 3 heteroatoms.